The van der Waals surface area contributed by atoms with Crippen molar-refractivity contribution in [2.75, 3.05) is 20.8 Å². The lowest BCUT2D eigenvalue weighted by Crippen LogP contribution is -2.31. The number of carbonyl (C=O) groups is 1. The zero-order valence-electron chi connectivity index (χ0n) is 23.3. The molecule has 5 heteroatoms. The zero-order chi connectivity index (χ0) is 27.2. The smallest absolute Gasteiger partial charge is 0.223 e. The van der Waals surface area contributed by atoms with Crippen molar-refractivity contribution >= 4 is 5.91 Å². The molecule has 5 rings (SSSR count). The maximum atomic E-state index is 13.6. The molecule has 0 spiro atoms. The second-order valence-corrected chi connectivity index (χ2v) is 10.2. The quantitative estimate of drug-likeness (QED) is 0.213. The Hall–Kier alpha value is -3.99. The fourth-order valence-corrected chi connectivity index (χ4v) is 5.58. The lowest BCUT2D eigenvalue weighted by molar-refractivity contribution is -0.131. The molecule has 0 unspecified atom stereocenters. The predicted molar refractivity (Wildman–Crippen MR) is 157 cm³/mol. The van der Waals surface area contributed by atoms with Crippen molar-refractivity contribution < 1.29 is 14.3 Å². The average molecular weight is 523 g/mol. The molecule has 39 heavy (non-hydrogen) atoms. The number of carbonyl (C=O) groups excluding carboxylic acids is 1. The molecule has 0 saturated carbocycles. The fraction of sp³-hybridized carbons (Fsp3) is 0.324. The van der Waals surface area contributed by atoms with Crippen LogP contribution in [0.4, 0.5) is 0 Å². The number of aromatic nitrogens is 1. The summed E-state index contributed by atoms with van der Waals surface area (Å²) in [6.45, 7) is 3.60. The van der Waals surface area contributed by atoms with Crippen LogP contribution in [-0.4, -0.2) is 36.1 Å². The highest BCUT2D eigenvalue weighted by Gasteiger charge is 2.25. The Balaban J connectivity index is 1.50. The van der Waals surface area contributed by atoms with Gasteiger partial charge in [-0.3, -0.25) is 4.79 Å². The number of aryl methyl sites for hydroxylation is 3. The van der Waals surface area contributed by atoms with Gasteiger partial charge in [-0.2, -0.15) is 0 Å². The molecule has 1 aliphatic carbocycles. The van der Waals surface area contributed by atoms with Crippen LogP contribution in [0.15, 0.2) is 78.9 Å². The number of ether oxygens (including phenoxy) is 2. The van der Waals surface area contributed by atoms with Crippen LogP contribution in [0.2, 0.25) is 0 Å². The fourth-order valence-electron chi connectivity index (χ4n) is 5.58. The van der Waals surface area contributed by atoms with E-state index < -0.39 is 0 Å². The highest BCUT2D eigenvalue weighted by atomic mass is 16.5. The minimum absolute atomic E-state index is 0.196. The van der Waals surface area contributed by atoms with E-state index in [9.17, 15) is 4.79 Å². The summed E-state index contributed by atoms with van der Waals surface area (Å²) in [6.07, 6.45) is 5.19. The highest BCUT2D eigenvalue weighted by Crippen LogP contribution is 2.39. The standard InChI is InChI=1S/C34H38N2O3/c1-4-5-19-35(24-25-11-7-6-8-12-25)33(37)18-17-28-20-27-16-15-26-13-9-10-14-32(26)34(27)36(28)29-21-30(38-2)23-31(22-29)39-3/h6-14,20-23H,4-5,15-19,24H2,1-3H3. The predicted octanol–water partition coefficient (Wildman–Crippen LogP) is 7.02. The average Bonchev–Trinajstić information content (AvgIpc) is 3.37. The second kappa shape index (κ2) is 12.2. The van der Waals surface area contributed by atoms with E-state index in [1.165, 1.54) is 27.9 Å². The number of benzene rings is 3. The van der Waals surface area contributed by atoms with Crippen molar-refractivity contribution in [2.45, 2.75) is 52.0 Å². The molecule has 0 bridgehead atoms. The van der Waals surface area contributed by atoms with Gasteiger partial charge >= 0.3 is 0 Å². The maximum Gasteiger partial charge on any atom is 0.223 e. The summed E-state index contributed by atoms with van der Waals surface area (Å²) in [5.74, 6) is 1.68. The topological polar surface area (TPSA) is 43.7 Å². The molecule has 3 aromatic carbocycles. The van der Waals surface area contributed by atoms with Crippen LogP contribution in [0, 0.1) is 0 Å². The Morgan fingerprint density at radius 1 is 0.872 bits per heavy atom. The molecule has 202 valence electrons. The number of fused-ring (bicyclic) bond motifs is 3. The number of rotatable bonds is 11. The number of hydrogen-bond acceptors (Lipinski definition) is 3. The molecule has 0 N–H and O–H groups in total. The van der Waals surface area contributed by atoms with E-state index >= 15 is 0 Å². The molecule has 0 radical (unpaired) electrons. The number of amides is 1. The Kier molecular flexibility index (Phi) is 8.36. The molecule has 1 heterocycles. The van der Waals surface area contributed by atoms with Crippen LogP contribution in [0.25, 0.3) is 16.9 Å². The zero-order valence-corrected chi connectivity index (χ0v) is 23.3. The van der Waals surface area contributed by atoms with E-state index in [-0.39, 0.29) is 5.91 Å². The van der Waals surface area contributed by atoms with Crippen molar-refractivity contribution in [3.8, 4) is 28.4 Å². The van der Waals surface area contributed by atoms with Gasteiger partial charge in [0.1, 0.15) is 11.5 Å². The highest BCUT2D eigenvalue weighted by molar-refractivity contribution is 5.77. The van der Waals surface area contributed by atoms with E-state index in [4.69, 9.17) is 9.47 Å². The molecule has 0 aliphatic heterocycles. The summed E-state index contributed by atoms with van der Waals surface area (Å²) in [7, 11) is 3.35. The van der Waals surface area contributed by atoms with Gasteiger partial charge in [-0.05, 0) is 48.4 Å². The van der Waals surface area contributed by atoms with Gasteiger partial charge in [-0.15, -0.1) is 0 Å². The maximum absolute atomic E-state index is 13.6. The minimum atomic E-state index is 0.196. The number of unbranched alkanes of at least 4 members (excludes halogenated alkanes) is 1. The van der Waals surface area contributed by atoms with Gasteiger partial charge in [0, 0.05) is 49.0 Å². The van der Waals surface area contributed by atoms with E-state index in [0.717, 1.165) is 55.1 Å². The number of methoxy groups -OCH3 is 2. The van der Waals surface area contributed by atoms with Crippen molar-refractivity contribution in [1.82, 2.24) is 9.47 Å². The second-order valence-electron chi connectivity index (χ2n) is 10.2. The largest absolute Gasteiger partial charge is 0.497 e. The molecular formula is C34H38N2O3. The molecule has 5 nitrogen and oxygen atoms in total. The van der Waals surface area contributed by atoms with Gasteiger partial charge in [0.25, 0.3) is 0 Å². The third kappa shape index (κ3) is 5.88. The van der Waals surface area contributed by atoms with Gasteiger partial charge in [0.05, 0.1) is 25.6 Å². The normalized spacial score (nSPS) is 12.0. The van der Waals surface area contributed by atoms with Crippen LogP contribution >= 0.6 is 0 Å². The third-order valence-corrected chi connectivity index (χ3v) is 7.63. The van der Waals surface area contributed by atoms with Gasteiger partial charge in [0.15, 0.2) is 0 Å². The lowest BCUT2D eigenvalue weighted by atomic mass is 9.90. The first kappa shape index (κ1) is 26.6. The van der Waals surface area contributed by atoms with Crippen molar-refractivity contribution in [2.24, 2.45) is 0 Å². The Bertz CT molecular complexity index is 1400. The monoisotopic (exact) mass is 522 g/mol. The summed E-state index contributed by atoms with van der Waals surface area (Å²) in [6, 6.07) is 27.2. The Labute approximate surface area is 232 Å². The first-order valence-electron chi connectivity index (χ1n) is 14.0. The van der Waals surface area contributed by atoms with Crippen molar-refractivity contribution in [3.05, 3.63) is 101 Å². The third-order valence-electron chi connectivity index (χ3n) is 7.63. The van der Waals surface area contributed by atoms with Crippen LogP contribution in [0.5, 0.6) is 11.5 Å². The van der Waals surface area contributed by atoms with Crippen LogP contribution in [0.3, 0.4) is 0 Å². The Morgan fingerprint density at radius 2 is 1.56 bits per heavy atom. The summed E-state index contributed by atoms with van der Waals surface area (Å²) >= 11 is 0. The number of nitrogens with zero attached hydrogens (tertiary/aromatic N) is 2. The summed E-state index contributed by atoms with van der Waals surface area (Å²) in [5, 5.41) is 0. The Morgan fingerprint density at radius 3 is 2.28 bits per heavy atom. The summed E-state index contributed by atoms with van der Waals surface area (Å²) in [5.41, 5.74) is 8.43. The van der Waals surface area contributed by atoms with Gasteiger partial charge in [0.2, 0.25) is 5.91 Å². The lowest BCUT2D eigenvalue weighted by Gasteiger charge is -2.24. The van der Waals surface area contributed by atoms with E-state index in [1.54, 1.807) is 14.2 Å². The van der Waals surface area contributed by atoms with E-state index in [2.05, 4.69) is 54.0 Å². The minimum Gasteiger partial charge on any atom is -0.497 e. The summed E-state index contributed by atoms with van der Waals surface area (Å²) in [4.78, 5) is 15.6. The molecule has 0 atom stereocenters. The molecule has 0 fully saturated rings. The molecule has 4 aromatic rings. The SMILES string of the molecule is CCCCN(Cc1ccccc1)C(=O)CCc1cc2c(n1-c1cc(OC)cc(OC)c1)-c1ccccc1CC2. The van der Waals surface area contributed by atoms with E-state index in [1.807, 2.05) is 41.3 Å². The van der Waals surface area contributed by atoms with Crippen LogP contribution in [0.1, 0.15) is 48.6 Å². The number of hydrogen-bond donors (Lipinski definition) is 0. The van der Waals surface area contributed by atoms with Crippen molar-refractivity contribution in [3.63, 3.8) is 0 Å². The first-order chi connectivity index (χ1) is 19.1. The van der Waals surface area contributed by atoms with Crippen LogP contribution in [-0.2, 0) is 30.6 Å². The van der Waals surface area contributed by atoms with Gasteiger partial charge in [-0.1, -0.05) is 67.9 Å². The molecule has 1 aliphatic rings. The molecule has 0 saturated heterocycles. The first-order valence-corrected chi connectivity index (χ1v) is 14.0. The van der Waals surface area contributed by atoms with E-state index in [0.29, 0.717) is 19.4 Å². The molecule has 1 aromatic heterocycles. The van der Waals surface area contributed by atoms with Gasteiger partial charge in [-0.25, -0.2) is 0 Å². The van der Waals surface area contributed by atoms with Crippen molar-refractivity contribution in [1.29, 1.82) is 0 Å². The van der Waals surface area contributed by atoms with Crippen LogP contribution < -0.4 is 9.47 Å². The summed E-state index contributed by atoms with van der Waals surface area (Å²) < 4.78 is 13.6. The molecular weight excluding hydrogens is 484 g/mol. The molecule has 1 amide bonds. The van der Waals surface area contributed by atoms with Gasteiger partial charge < -0.3 is 18.9 Å².